The van der Waals surface area contributed by atoms with Crippen LogP contribution in [-0.4, -0.2) is 27.3 Å². The molecule has 0 saturated heterocycles. The van der Waals surface area contributed by atoms with Crippen molar-refractivity contribution < 1.29 is 36.8 Å². The average Bonchev–Trinajstić information content (AvgIpc) is 1.12. The summed E-state index contributed by atoms with van der Waals surface area (Å²) < 4.78 is 40.4. The topological polar surface area (TPSA) is 190 Å². The maximum atomic E-state index is 8.77. The van der Waals surface area contributed by atoms with E-state index in [1.165, 1.54) is 0 Å². The Labute approximate surface area is 62.1 Å². The first-order valence-electron chi connectivity index (χ1n) is 1.46. The van der Waals surface area contributed by atoms with Crippen LogP contribution in [0.3, 0.4) is 0 Å². The van der Waals surface area contributed by atoms with Crippen LogP contribution in [0.25, 0.3) is 0 Å². The van der Waals surface area contributed by atoms with E-state index in [0.29, 0.717) is 0 Å². The zero-order chi connectivity index (χ0) is 9.00. The fraction of sp³-hybridized carbons (Fsp3) is 0. The van der Waals surface area contributed by atoms with Crippen molar-refractivity contribution in [3.63, 3.8) is 0 Å². The molecule has 0 atom stereocenters. The van der Waals surface area contributed by atoms with Crippen LogP contribution in [0.5, 0.6) is 0 Å². The molecule has 0 bridgehead atoms. The molecule has 0 aliphatic rings. The Morgan fingerprint density at radius 3 is 1.18 bits per heavy atom. The summed E-state index contributed by atoms with van der Waals surface area (Å²) in [6.45, 7) is 0. The van der Waals surface area contributed by atoms with Gasteiger partial charge in [-0.15, -0.1) is 0 Å². The minimum absolute atomic E-state index is 0. The first-order chi connectivity index (χ1) is 4.00. The number of rotatable bonds is 0. The quantitative estimate of drug-likeness (QED) is 0.222. The fourth-order valence-corrected chi connectivity index (χ4v) is 0. The van der Waals surface area contributed by atoms with Gasteiger partial charge in [-0.05, 0) is 0 Å². The molecule has 11 heteroatoms. The molecule has 0 aromatic rings. The Morgan fingerprint density at radius 2 is 1.18 bits per heavy atom. The highest BCUT2D eigenvalue weighted by atomic mass is 32.3. The molecule has 0 aromatic heterocycles. The highest BCUT2D eigenvalue weighted by molar-refractivity contribution is 7.79. The molecule has 0 unspecified atom stereocenters. The normalized spacial score (nSPS) is 10.6. The Bertz CT molecular complexity index is 192. The summed E-state index contributed by atoms with van der Waals surface area (Å²) in [5, 5.41) is 0. The summed E-state index contributed by atoms with van der Waals surface area (Å²) in [5.41, 5.74) is 0. The third kappa shape index (κ3) is 174000. The smallest absolute Gasteiger partial charge is 0.394 e. The van der Waals surface area contributed by atoms with Gasteiger partial charge in [0.25, 0.3) is 7.82 Å². The van der Waals surface area contributed by atoms with Crippen molar-refractivity contribution in [1.29, 1.82) is 0 Å². The Balaban J connectivity index is -0.000000107. The van der Waals surface area contributed by atoms with Crippen molar-refractivity contribution in [2.75, 3.05) is 0 Å². The minimum atomic E-state index is -4.89. The number of phosphoric acid groups is 1. The maximum absolute atomic E-state index is 8.77. The van der Waals surface area contributed by atoms with Crippen molar-refractivity contribution in [2.45, 2.75) is 0 Å². The molecule has 0 aromatic carbocycles. The molecule has 0 aliphatic heterocycles. The van der Waals surface area contributed by atoms with Crippen molar-refractivity contribution in [3.8, 4) is 0 Å². The van der Waals surface area contributed by atoms with Crippen LogP contribution < -0.4 is 11.0 Å². The maximum Gasteiger partial charge on any atom is 0.394 e. The zero-order valence-corrected chi connectivity index (χ0v) is 6.70. The zero-order valence-electron chi connectivity index (χ0n) is 4.98. The van der Waals surface area contributed by atoms with Crippen LogP contribution >= 0.6 is 7.82 Å². The summed E-state index contributed by atoms with van der Waals surface area (Å²) >= 11 is 0. The first kappa shape index (κ1) is 17.1. The van der Waals surface area contributed by atoms with E-state index >= 15 is 0 Å². The van der Waals surface area contributed by atoms with Crippen molar-refractivity contribution in [1.82, 2.24) is 6.15 Å². The van der Waals surface area contributed by atoms with Crippen molar-refractivity contribution in [2.24, 2.45) is 0 Å². The van der Waals surface area contributed by atoms with E-state index < -0.39 is 18.2 Å². The van der Waals surface area contributed by atoms with Gasteiger partial charge in [-0.25, -0.2) is 0 Å². The molecule has 0 rings (SSSR count). The molecule has 0 fully saturated rings. The van der Waals surface area contributed by atoms with Crippen LogP contribution in [0.2, 0.25) is 0 Å². The van der Waals surface area contributed by atoms with Crippen molar-refractivity contribution in [3.05, 3.63) is 0 Å². The highest BCUT2D eigenvalue weighted by Gasteiger charge is 1.84. The molecule has 0 radical (unpaired) electrons. The highest BCUT2D eigenvalue weighted by Crippen LogP contribution is 2.18. The fourth-order valence-electron chi connectivity index (χ4n) is 0. The van der Waals surface area contributed by atoms with Gasteiger partial charge in [-0.1, -0.05) is 0 Å². The lowest BCUT2D eigenvalue weighted by Crippen LogP contribution is -1.94. The van der Waals surface area contributed by atoms with Gasteiger partial charge in [0.2, 0.25) is 0 Å². The van der Waals surface area contributed by atoms with Crippen LogP contribution in [0.4, 0.5) is 0 Å². The molecule has 11 heavy (non-hydrogen) atoms. The molecule has 0 heterocycles. The summed E-state index contributed by atoms with van der Waals surface area (Å²) in [4.78, 5) is 22.9. The monoisotopic (exact) mass is 212 g/mol. The van der Waals surface area contributed by atoms with Crippen LogP contribution in [0.1, 0.15) is 0 Å². The Morgan fingerprint density at radius 1 is 1.18 bits per heavy atom. The second-order valence-corrected chi connectivity index (χ2v) is 2.82. The molecular formula is H7NO8PS-. The summed E-state index contributed by atoms with van der Waals surface area (Å²) in [6.07, 6.45) is 0. The Kier molecular flexibility index (Phi) is 8.69. The number of hydrogen-bond donors (Lipinski definition) is 5. The predicted molar refractivity (Wildman–Crippen MR) is 31.2 cm³/mol. The lowest BCUT2D eigenvalue weighted by molar-refractivity contribution is -0.214. The van der Waals surface area contributed by atoms with E-state index in [1.54, 1.807) is 0 Å². The van der Waals surface area contributed by atoms with Crippen LogP contribution in [0, 0.1) is 0 Å². The van der Waals surface area contributed by atoms with E-state index in [0.717, 1.165) is 0 Å². The molecule has 0 amide bonds. The predicted octanol–water partition coefficient (Wildman–Crippen LogP) is -2.05. The van der Waals surface area contributed by atoms with Gasteiger partial charge in [0.1, 0.15) is 0 Å². The average molecular weight is 212 g/mol. The summed E-state index contributed by atoms with van der Waals surface area (Å²) in [5.74, 6) is 0. The summed E-state index contributed by atoms with van der Waals surface area (Å²) in [7, 11) is -9.56. The SMILES string of the molecule is N.O=P([O-])(O)O.O=S(=O)(O)O. The molecule has 0 aliphatic carbocycles. The van der Waals surface area contributed by atoms with Gasteiger partial charge in [0.15, 0.2) is 0 Å². The van der Waals surface area contributed by atoms with Gasteiger partial charge in [0.05, 0.1) is 0 Å². The van der Waals surface area contributed by atoms with Gasteiger partial charge < -0.3 is 20.8 Å². The van der Waals surface area contributed by atoms with Gasteiger partial charge in [0, 0.05) is 0 Å². The third-order valence-corrected chi connectivity index (χ3v) is 0. The van der Waals surface area contributed by atoms with Gasteiger partial charge in [-0.2, -0.15) is 8.42 Å². The molecule has 7 N–H and O–H groups in total. The molecule has 72 valence electrons. The van der Waals surface area contributed by atoms with Crippen molar-refractivity contribution >= 4 is 18.2 Å². The standard InChI is InChI=1S/H3N.H3O4P.H2O4S/c;2*1-5(2,3)4/h1H3;(H3,1,2,3,4);(H2,1,2,3,4)/p-1. The molecular weight excluding hydrogens is 205 g/mol. The van der Waals surface area contributed by atoms with Gasteiger partial charge >= 0.3 is 10.4 Å². The molecule has 9 nitrogen and oxygen atoms in total. The van der Waals surface area contributed by atoms with E-state index in [9.17, 15) is 0 Å². The minimum Gasteiger partial charge on any atom is -0.756 e. The van der Waals surface area contributed by atoms with E-state index in [-0.39, 0.29) is 6.15 Å². The lowest BCUT2D eigenvalue weighted by atomic mass is 14.0. The van der Waals surface area contributed by atoms with Crippen LogP contribution in [-0.2, 0) is 15.0 Å². The second kappa shape index (κ2) is 5.57. The number of hydrogen-bond acceptors (Lipinski definition) is 5. The third-order valence-electron chi connectivity index (χ3n) is 0. The largest absolute Gasteiger partial charge is 0.756 e. The van der Waals surface area contributed by atoms with Crippen LogP contribution in [0.15, 0.2) is 0 Å². The Hall–Kier alpha value is -0.0600. The van der Waals surface area contributed by atoms with E-state index in [4.69, 9.17) is 36.8 Å². The van der Waals surface area contributed by atoms with E-state index in [2.05, 4.69) is 0 Å². The first-order valence-corrected chi connectivity index (χ1v) is 4.39. The second-order valence-electron chi connectivity index (χ2n) is 0.938. The lowest BCUT2D eigenvalue weighted by Gasteiger charge is -2.01. The van der Waals surface area contributed by atoms with Gasteiger partial charge in [-0.3, -0.25) is 13.7 Å². The molecule has 0 spiro atoms. The summed E-state index contributed by atoms with van der Waals surface area (Å²) in [6, 6.07) is 0. The molecule has 0 saturated carbocycles. The van der Waals surface area contributed by atoms with E-state index in [1.807, 2.05) is 0 Å².